The molecule has 0 fully saturated rings. The molecule has 0 saturated carbocycles. The molecule has 0 aliphatic carbocycles. The van der Waals surface area contributed by atoms with Crippen LogP contribution in [0, 0.1) is 0 Å². The Hall–Kier alpha value is -2.06. The Labute approximate surface area is 117 Å². The number of rotatable bonds is 5. The summed E-state index contributed by atoms with van der Waals surface area (Å²) < 4.78 is 21.7. The number of amides is 3. The van der Waals surface area contributed by atoms with Crippen molar-refractivity contribution in [3.05, 3.63) is 35.4 Å². The number of hydrogen-bond acceptors (Lipinski definition) is 5. The van der Waals surface area contributed by atoms with Gasteiger partial charge >= 0.3 is 0 Å². The van der Waals surface area contributed by atoms with Gasteiger partial charge < -0.3 is 10.3 Å². The number of nitrogens with two attached hydrogens (primary N) is 1. The summed E-state index contributed by atoms with van der Waals surface area (Å²) >= 11 is -2.68. The number of carbonyl (C=O) groups excluding carboxylic acids is 3. The van der Waals surface area contributed by atoms with Gasteiger partial charge in [-0.3, -0.25) is 23.5 Å². The van der Waals surface area contributed by atoms with Crippen molar-refractivity contribution in [1.82, 2.24) is 4.90 Å². The van der Waals surface area contributed by atoms with Crippen molar-refractivity contribution in [3.8, 4) is 0 Å². The van der Waals surface area contributed by atoms with Gasteiger partial charge in [0.05, 0.1) is 11.1 Å². The molecule has 0 aromatic heterocycles. The van der Waals surface area contributed by atoms with Crippen molar-refractivity contribution in [2.75, 3.05) is 6.54 Å². The fourth-order valence-corrected chi connectivity index (χ4v) is 2.51. The minimum Gasteiger partial charge on any atom is -0.772 e. The van der Waals surface area contributed by atoms with Gasteiger partial charge in [-0.05, 0) is 29.6 Å². The van der Waals surface area contributed by atoms with Gasteiger partial charge in [0, 0.05) is 6.54 Å². The average Bonchev–Trinajstić information content (AvgIpc) is 2.63. The van der Waals surface area contributed by atoms with Gasteiger partial charge in [-0.25, -0.2) is 0 Å². The topological polar surface area (TPSA) is 121 Å². The Morgan fingerprint density at radius 3 is 2.15 bits per heavy atom. The number of nitrogens with zero attached hydrogens (tertiary/aromatic N) is 1. The van der Waals surface area contributed by atoms with Gasteiger partial charge in [-0.1, -0.05) is 12.1 Å². The van der Waals surface area contributed by atoms with Crippen LogP contribution in [0.25, 0.3) is 0 Å². The van der Waals surface area contributed by atoms with E-state index in [4.69, 9.17) is 5.73 Å². The highest BCUT2D eigenvalue weighted by atomic mass is 32.2. The summed E-state index contributed by atoms with van der Waals surface area (Å²) in [7, 11) is 0. The standard InChI is InChI=1S/C12H12N2O5S/c13-10(15)9(20(18)19)5-6-14-11(16)7-3-1-2-4-8(7)12(14)17/h1-4,9H,5-6H2,(H2,13,15)(H,18,19)/p-1. The molecule has 0 radical (unpaired) electrons. The molecule has 2 rings (SSSR count). The Bertz CT molecular complexity index is 567. The molecule has 7 nitrogen and oxygen atoms in total. The molecule has 1 aliphatic rings. The van der Waals surface area contributed by atoms with Crippen LogP contribution in [0.1, 0.15) is 27.1 Å². The van der Waals surface area contributed by atoms with Crippen LogP contribution in [0.4, 0.5) is 0 Å². The van der Waals surface area contributed by atoms with Gasteiger partial charge in [0.1, 0.15) is 5.25 Å². The summed E-state index contributed by atoms with van der Waals surface area (Å²) in [5.41, 5.74) is 5.50. The number of hydrogen-bond donors (Lipinski definition) is 1. The van der Waals surface area contributed by atoms with E-state index in [0.29, 0.717) is 0 Å². The Balaban J connectivity index is 2.13. The number of fused-ring (bicyclic) bond motifs is 1. The highest BCUT2D eigenvalue weighted by Crippen LogP contribution is 2.22. The zero-order valence-electron chi connectivity index (χ0n) is 10.3. The molecule has 106 valence electrons. The van der Waals surface area contributed by atoms with E-state index in [9.17, 15) is 23.1 Å². The number of primary amides is 1. The summed E-state index contributed by atoms with van der Waals surface area (Å²) in [6.07, 6.45) is -0.211. The lowest BCUT2D eigenvalue weighted by molar-refractivity contribution is -0.117. The molecule has 8 heteroatoms. The molecule has 2 N–H and O–H groups in total. The molecule has 3 amide bonds. The fourth-order valence-electron chi connectivity index (χ4n) is 2.02. The molecule has 1 aromatic carbocycles. The highest BCUT2D eigenvalue weighted by molar-refractivity contribution is 7.80. The smallest absolute Gasteiger partial charge is 0.261 e. The van der Waals surface area contributed by atoms with Gasteiger partial charge in [-0.15, -0.1) is 0 Å². The third-order valence-electron chi connectivity index (χ3n) is 3.04. The van der Waals surface area contributed by atoms with Crippen LogP contribution >= 0.6 is 0 Å². The molecule has 0 spiro atoms. The third-order valence-corrected chi connectivity index (χ3v) is 3.98. The predicted molar refractivity (Wildman–Crippen MR) is 68.3 cm³/mol. The molecule has 0 saturated heterocycles. The largest absolute Gasteiger partial charge is 0.772 e. The molecule has 2 unspecified atom stereocenters. The van der Waals surface area contributed by atoms with Crippen molar-refractivity contribution in [2.24, 2.45) is 5.73 Å². The minimum atomic E-state index is -2.68. The molecule has 1 aliphatic heterocycles. The van der Waals surface area contributed by atoms with Gasteiger partial charge in [0.25, 0.3) is 11.8 Å². The molecular formula is C12H11N2O5S-. The molecule has 0 bridgehead atoms. The minimum absolute atomic E-state index is 0.173. The van der Waals surface area contributed by atoms with Gasteiger partial charge in [0.15, 0.2) is 0 Å². The summed E-state index contributed by atoms with van der Waals surface area (Å²) in [6, 6.07) is 6.30. The van der Waals surface area contributed by atoms with E-state index in [-0.39, 0.29) is 24.1 Å². The van der Waals surface area contributed by atoms with Crippen molar-refractivity contribution in [2.45, 2.75) is 11.7 Å². The van der Waals surface area contributed by atoms with E-state index in [1.807, 2.05) is 0 Å². The summed E-state index contributed by atoms with van der Waals surface area (Å²) in [5, 5.41) is -1.42. The van der Waals surface area contributed by atoms with E-state index in [1.54, 1.807) is 12.1 Å². The Morgan fingerprint density at radius 1 is 1.25 bits per heavy atom. The Kier molecular flexibility index (Phi) is 3.96. The van der Waals surface area contributed by atoms with Crippen LogP contribution < -0.4 is 5.73 Å². The predicted octanol–water partition coefficient (Wildman–Crippen LogP) is -0.594. The van der Waals surface area contributed by atoms with E-state index >= 15 is 0 Å². The zero-order chi connectivity index (χ0) is 14.9. The first-order chi connectivity index (χ1) is 9.43. The molecule has 2 atom stereocenters. The van der Waals surface area contributed by atoms with Crippen LogP contribution in [-0.4, -0.2) is 43.2 Å². The van der Waals surface area contributed by atoms with Crippen molar-refractivity contribution >= 4 is 28.8 Å². The first kappa shape index (κ1) is 14.4. The van der Waals surface area contributed by atoms with Crippen LogP contribution in [0.15, 0.2) is 24.3 Å². The maximum Gasteiger partial charge on any atom is 0.261 e. The molecule has 20 heavy (non-hydrogen) atoms. The van der Waals surface area contributed by atoms with Crippen molar-refractivity contribution in [1.29, 1.82) is 0 Å². The van der Waals surface area contributed by atoms with E-state index < -0.39 is 34.1 Å². The maximum atomic E-state index is 12.0. The van der Waals surface area contributed by atoms with Crippen molar-refractivity contribution < 1.29 is 23.1 Å². The summed E-state index contributed by atoms with van der Waals surface area (Å²) in [5.74, 6) is -1.99. The highest BCUT2D eigenvalue weighted by Gasteiger charge is 2.35. The Morgan fingerprint density at radius 2 is 1.75 bits per heavy atom. The number of benzene rings is 1. The molecule has 1 heterocycles. The maximum absolute atomic E-state index is 12.0. The van der Waals surface area contributed by atoms with E-state index in [2.05, 4.69) is 0 Å². The zero-order valence-corrected chi connectivity index (χ0v) is 11.1. The van der Waals surface area contributed by atoms with Crippen LogP contribution in [0.5, 0.6) is 0 Å². The second kappa shape index (κ2) is 5.51. The fraction of sp³-hybridized carbons (Fsp3) is 0.250. The summed E-state index contributed by atoms with van der Waals surface area (Å²) in [4.78, 5) is 35.9. The van der Waals surface area contributed by atoms with E-state index in [0.717, 1.165) is 4.90 Å². The summed E-state index contributed by atoms with van der Waals surface area (Å²) in [6.45, 7) is -0.173. The van der Waals surface area contributed by atoms with Crippen LogP contribution in [-0.2, 0) is 15.9 Å². The van der Waals surface area contributed by atoms with Gasteiger partial charge in [0.2, 0.25) is 5.91 Å². The lowest BCUT2D eigenvalue weighted by Crippen LogP contribution is -2.38. The van der Waals surface area contributed by atoms with Gasteiger partial charge in [-0.2, -0.15) is 0 Å². The van der Waals surface area contributed by atoms with Crippen LogP contribution in [0.2, 0.25) is 0 Å². The number of imide groups is 1. The average molecular weight is 295 g/mol. The van der Waals surface area contributed by atoms with Crippen molar-refractivity contribution in [3.63, 3.8) is 0 Å². The second-order valence-corrected chi connectivity index (χ2v) is 5.34. The SMILES string of the molecule is NC(=O)C(CCN1C(=O)c2ccccc2C1=O)S(=O)[O-]. The van der Waals surface area contributed by atoms with E-state index in [1.165, 1.54) is 12.1 Å². The first-order valence-corrected chi connectivity index (χ1v) is 6.90. The lowest BCUT2D eigenvalue weighted by Gasteiger charge is -2.19. The monoisotopic (exact) mass is 295 g/mol. The normalized spacial score (nSPS) is 16.9. The quantitative estimate of drug-likeness (QED) is 0.574. The third kappa shape index (κ3) is 2.47. The molecular weight excluding hydrogens is 284 g/mol. The first-order valence-electron chi connectivity index (χ1n) is 5.76. The number of carbonyl (C=O) groups is 3. The van der Waals surface area contributed by atoms with Crippen LogP contribution in [0.3, 0.4) is 0 Å². The second-order valence-electron chi connectivity index (χ2n) is 4.25. The lowest BCUT2D eigenvalue weighted by atomic mass is 10.1. The molecule has 1 aromatic rings.